The van der Waals surface area contributed by atoms with Crippen molar-refractivity contribution in [3.05, 3.63) is 59.3 Å². The van der Waals surface area contributed by atoms with Crippen LogP contribution in [0.2, 0.25) is 0 Å². The molecule has 2 aromatic carbocycles. The highest BCUT2D eigenvalue weighted by Gasteiger charge is 2.47. The van der Waals surface area contributed by atoms with Crippen molar-refractivity contribution in [3.63, 3.8) is 0 Å². The number of nitrogens with zero attached hydrogens (tertiary/aromatic N) is 2. The van der Waals surface area contributed by atoms with Crippen molar-refractivity contribution < 1.29 is 19.1 Å². The number of aromatic nitrogens is 1. The van der Waals surface area contributed by atoms with Gasteiger partial charge in [-0.25, -0.2) is 0 Å². The normalized spacial score (nSPS) is 21.2. The van der Waals surface area contributed by atoms with Crippen LogP contribution in [0, 0.1) is 0 Å². The predicted octanol–water partition coefficient (Wildman–Crippen LogP) is 3.63. The summed E-state index contributed by atoms with van der Waals surface area (Å²) >= 11 is 9.53. The maximum Gasteiger partial charge on any atom is 0.245 e. The minimum absolute atomic E-state index is 0.0220. The second-order valence-corrected chi connectivity index (χ2v) is 8.70. The quantitative estimate of drug-likeness (QED) is 0.547. The van der Waals surface area contributed by atoms with E-state index in [0.29, 0.717) is 17.9 Å². The zero-order chi connectivity index (χ0) is 22.4. The summed E-state index contributed by atoms with van der Waals surface area (Å²) < 4.78 is 11.0. The number of likely N-dealkylation sites (N-methyl/N-ethyl adjacent to an activating group) is 1. The summed E-state index contributed by atoms with van der Waals surface area (Å²) in [6.45, 7) is 0.279. The van der Waals surface area contributed by atoms with Gasteiger partial charge >= 0.3 is 0 Å². The van der Waals surface area contributed by atoms with Gasteiger partial charge in [-0.15, -0.1) is 23.2 Å². The molecule has 0 spiro atoms. The number of hydrogen-bond acceptors (Lipinski definition) is 4. The molecule has 32 heavy (non-hydrogen) atoms. The predicted molar refractivity (Wildman–Crippen MR) is 121 cm³/mol. The molecule has 1 N–H and O–H groups in total. The summed E-state index contributed by atoms with van der Waals surface area (Å²) in [5.41, 5.74) is 3.97. The Kier molecular flexibility index (Phi) is 5.39. The van der Waals surface area contributed by atoms with Crippen LogP contribution < -0.4 is 9.47 Å². The number of nitrogens with one attached hydrogen (secondary N) is 1. The molecule has 1 aromatic heterocycles. The third kappa shape index (κ3) is 3.27. The Morgan fingerprint density at radius 3 is 2.66 bits per heavy atom. The van der Waals surface area contributed by atoms with Gasteiger partial charge in [0.1, 0.15) is 6.04 Å². The van der Waals surface area contributed by atoms with Crippen LogP contribution in [0.4, 0.5) is 0 Å². The molecule has 6 rings (SSSR count). The first kappa shape index (κ1) is 21.0. The summed E-state index contributed by atoms with van der Waals surface area (Å²) in [4.78, 5) is 32.9. The Hall–Kier alpha value is -2.90. The van der Waals surface area contributed by atoms with Crippen molar-refractivity contribution in [1.29, 1.82) is 0 Å². The monoisotopic (exact) mass is 473 g/mol. The molecule has 0 unspecified atom stereocenters. The number of amides is 2. The highest BCUT2D eigenvalue weighted by molar-refractivity contribution is 6.40. The SMILES string of the molecule is CN1CC(=O)N2[C@H](c3ccc4c(c3)OCO4)c3[nH]c4ccccc4c3C[C@@H]2C1=O.ClCCl. The van der Waals surface area contributed by atoms with Gasteiger partial charge in [-0.1, -0.05) is 24.3 Å². The van der Waals surface area contributed by atoms with Crippen LogP contribution in [0.1, 0.15) is 22.9 Å². The lowest BCUT2D eigenvalue weighted by Crippen LogP contribution is -2.62. The number of para-hydroxylation sites is 1. The van der Waals surface area contributed by atoms with Crippen molar-refractivity contribution >= 4 is 45.9 Å². The lowest BCUT2D eigenvalue weighted by atomic mass is 9.86. The Bertz CT molecular complexity index is 1210. The van der Waals surface area contributed by atoms with E-state index in [1.807, 2.05) is 36.4 Å². The minimum Gasteiger partial charge on any atom is -0.454 e. The van der Waals surface area contributed by atoms with Crippen LogP contribution in [-0.4, -0.2) is 58.4 Å². The molecule has 9 heteroatoms. The van der Waals surface area contributed by atoms with Crippen LogP contribution >= 0.6 is 23.2 Å². The number of halogens is 2. The molecule has 2 amide bonds. The zero-order valence-corrected chi connectivity index (χ0v) is 18.8. The van der Waals surface area contributed by atoms with Gasteiger partial charge in [0.05, 0.1) is 17.9 Å². The summed E-state index contributed by atoms with van der Waals surface area (Å²) in [7, 11) is 1.69. The Morgan fingerprint density at radius 1 is 1.09 bits per heavy atom. The largest absolute Gasteiger partial charge is 0.454 e. The molecule has 3 aromatic rings. The van der Waals surface area contributed by atoms with Gasteiger partial charge in [-0.05, 0) is 29.3 Å². The molecule has 1 saturated heterocycles. The third-order valence-corrected chi connectivity index (χ3v) is 6.17. The second-order valence-electron chi connectivity index (χ2n) is 7.89. The molecular weight excluding hydrogens is 453 g/mol. The van der Waals surface area contributed by atoms with E-state index in [2.05, 4.69) is 11.1 Å². The topological polar surface area (TPSA) is 74.9 Å². The Morgan fingerprint density at radius 2 is 1.84 bits per heavy atom. The summed E-state index contributed by atoms with van der Waals surface area (Å²) in [6.07, 6.45) is 0.509. The fraction of sp³-hybridized carbons (Fsp3) is 0.304. The number of carbonyl (C=O) groups excluding carboxylic acids is 2. The Balaban J connectivity index is 0.000000684. The average molecular weight is 474 g/mol. The highest BCUT2D eigenvalue weighted by atomic mass is 35.5. The lowest BCUT2D eigenvalue weighted by Gasteiger charge is -2.46. The van der Waals surface area contributed by atoms with Crippen LogP contribution in [0.5, 0.6) is 11.5 Å². The van der Waals surface area contributed by atoms with E-state index in [9.17, 15) is 9.59 Å². The van der Waals surface area contributed by atoms with E-state index in [1.54, 1.807) is 11.9 Å². The second kappa shape index (κ2) is 8.22. The first-order valence-electron chi connectivity index (χ1n) is 10.2. The first-order chi connectivity index (χ1) is 15.5. The summed E-state index contributed by atoms with van der Waals surface area (Å²) in [6, 6.07) is 12.9. The number of H-pyrrole nitrogens is 1. The van der Waals surface area contributed by atoms with Crippen LogP contribution in [0.25, 0.3) is 10.9 Å². The van der Waals surface area contributed by atoms with E-state index >= 15 is 0 Å². The van der Waals surface area contributed by atoms with Crippen molar-refractivity contribution in [3.8, 4) is 11.5 Å². The summed E-state index contributed by atoms with van der Waals surface area (Å²) in [5, 5.41) is 1.29. The molecule has 3 aliphatic heterocycles. The van der Waals surface area contributed by atoms with Gasteiger partial charge in [-0.2, -0.15) is 0 Å². The molecule has 4 heterocycles. The first-order valence-corrected chi connectivity index (χ1v) is 11.3. The number of benzene rings is 2. The molecule has 7 nitrogen and oxygen atoms in total. The van der Waals surface area contributed by atoms with Gasteiger partial charge in [0.25, 0.3) is 0 Å². The number of ether oxygens (including phenoxy) is 2. The van der Waals surface area contributed by atoms with Gasteiger partial charge in [-0.3, -0.25) is 9.59 Å². The molecule has 0 bridgehead atoms. The lowest BCUT2D eigenvalue weighted by molar-refractivity contribution is -0.157. The van der Waals surface area contributed by atoms with Gasteiger partial charge in [0, 0.05) is 30.1 Å². The van der Waals surface area contributed by atoms with Crippen molar-refractivity contribution in [1.82, 2.24) is 14.8 Å². The number of hydrogen-bond donors (Lipinski definition) is 1. The number of piperazine rings is 1. The molecule has 0 saturated carbocycles. The summed E-state index contributed by atoms with van der Waals surface area (Å²) in [5.74, 6) is 1.28. The Labute approximate surface area is 194 Å². The van der Waals surface area contributed by atoms with Crippen molar-refractivity contribution in [2.75, 3.05) is 25.7 Å². The van der Waals surface area contributed by atoms with E-state index in [4.69, 9.17) is 32.7 Å². The van der Waals surface area contributed by atoms with E-state index < -0.39 is 6.04 Å². The minimum atomic E-state index is -0.511. The molecule has 1 fully saturated rings. The zero-order valence-electron chi connectivity index (χ0n) is 17.3. The van der Waals surface area contributed by atoms with Crippen molar-refractivity contribution in [2.45, 2.75) is 18.5 Å². The molecule has 0 radical (unpaired) electrons. The van der Waals surface area contributed by atoms with E-state index in [1.165, 1.54) is 4.90 Å². The molecular formula is C23H21Cl2N3O4. The van der Waals surface area contributed by atoms with Gasteiger partial charge in [0.2, 0.25) is 18.6 Å². The molecule has 2 atom stereocenters. The standard InChI is InChI=1S/C22H19N3O4.CH2Cl2/c1-24-10-19(26)25-16(22(24)27)9-14-13-4-2-3-5-15(13)23-20(14)21(25)12-6-7-17-18(8-12)29-11-28-17;2-1-3/h2-8,16,21,23H,9-11H2,1H3;1H2/t16-,21-;/m1./s1. The van der Waals surface area contributed by atoms with E-state index in [0.717, 1.165) is 27.7 Å². The maximum absolute atomic E-state index is 13.1. The number of aromatic amines is 1. The number of fused-ring (bicyclic) bond motifs is 5. The van der Waals surface area contributed by atoms with Crippen LogP contribution in [0.3, 0.4) is 0 Å². The third-order valence-electron chi connectivity index (χ3n) is 6.17. The smallest absolute Gasteiger partial charge is 0.245 e. The van der Waals surface area contributed by atoms with Crippen LogP contribution in [-0.2, 0) is 16.0 Å². The van der Waals surface area contributed by atoms with Crippen molar-refractivity contribution in [2.24, 2.45) is 0 Å². The fourth-order valence-corrected chi connectivity index (χ4v) is 4.84. The number of rotatable bonds is 1. The highest BCUT2D eigenvalue weighted by Crippen LogP contribution is 2.44. The average Bonchev–Trinajstić information content (AvgIpc) is 3.40. The molecule has 0 aliphatic carbocycles. The number of carbonyl (C=O) groups is 2. The molecule has 3 aliphatic rings. The molecule has 166 valence electrons. The van der Waals surface area contributed by atoms with Gasteiger partial charge < -0.3 is 24.3 Å². The maximum atomic E-state index is 13.1. The van der Waals surface area contributed by atoms with Gasteiger partial charge in [0.15, 0.2) is 11.5 Å². The van der Waals surface area contributed by atoms with Crippen LogP contribution in [0.15, 0.2) is 42.5 Å². The fourth-order valence-electron chi connectivity index (χ4n) is 4.84. The van der Waals surface area contributed by atoms with E-state index in [-0.39, 0.29) is 36.5 Å². The number of alkyl halides is 2.